The fourth-order valence-electron chi connectivity index (χ4n) is 3.02. The Bertz CT molecular complexity index is 1090. The van der Waals surface area contributed by atoms with E-state index in [4.69, 9.17) is 11.2 Å². The number of ether oxygens (including phenoxy) is 1. The number of imidazole rings is 1. The summed E-state index contributed by atoms with van der Waals surface area (Å²) in [6.07, 6.45) is 3.64. The Hall–Kier alpha value is -3.26. The van der Waals surface area contributed by atoms with Gasteiger partial charge in [0, 0.05) is 6.54 Å². The number of nitrogens with one attached hydrogen (secondary N) is 3. The largest absolute Gasteiger partial charge is 0.386 e. The third-order valence-electron chi connectivity index (χ3n) is 4.50. The number of fused-ring (bicyclic) bond motifs is 1. The quantitative estimate of drug-likeness (QED) is 0.373. The number of hydrogen-bond acceptors (Lipinski definition) is 7. The minimum absolute atomic E-state index is 0.00188. The van der Waals surface area contributed by atoms with E-state index in [0.717, 1.165) is 5.56 Å². The maximum absolute atomic E-state index is 15.0. The highest BCUT2D eigenvalue weighted by atomic mass is 19.1. The number of anilines is 1. The first kappa shape index (κ1) is 18.1. The van der Waals surface area contributed by atoms with Crippen molar-refractivity contribution in [1.29, 1.82) is 0 Å². The maximum Gasteiger partial charge on any atom is 0.280 e. The molecule has 144 valence electrons. The van der Waals surface area contributed by atoms with E-state index in [1.807, 2.05) is 36.3 Å². The smallest absolute Gasteiger partial charge is 0.280 e. The molecule has 4 rings (SSSR count). The molecule has 1 aliphatic rings. The number of aromatic nitrogens is 4. The number of hydrogen-bond donors (Lipinski definition) is 4. The molecule has 0 saturated carbocycles. The maximum atomic E-state index is 15.0. The Morgan fingerprint density at radius 1 is 1.46 bits per heavy atom. The van der Waals surface area contributed by atoms with Crippen LogP contribution in [0.5, 0.6) is 0 Å². The van der Waals surface area contributed by atoms with Gasteiger partial charge in [-0.05, 0) is 5.56 Å². The minimum atomic E-state index is -2.46. The van der Waals surface area contributed by atoms with Gasteiger partial charge in [-0.1, -0.05) is 36.3 Å². The van der Waals surface area contributed by atoms with Crippen LogP contribution in [0.25, 0.3) is 11.2 Å². The second-order valence-electron chi connectivity index (χ2n) is 6.32. The molecule has 10 heteroatoms. The fourth-order valence-corrected chi connectivity index (χ4v) is 3.02. The van der Waals surface area contributed by atoms with Gasteiger partial charge in [-0.2, -0.15) is 4.98 Å². The number of benzene rings is 1. The van der Waals surface area contributed by atoms with Gasteiger partial charge in [0.1, 0.15) is 6.10 Å². The molecule has 3 aromatic rings. The molecule has 1 fully saturated rings. The molecule has 4 N–H and O–H groups in total. The molecule has 0 unspecified atom stereocenters. The monoisotopic (exact) mass is 384 g/mol. The minimum Gasteiger partial charge on any atom is -0.386 e. The van der Waals surface area contributed by atoms with Crippen molar-refractivity contribution in [2.45, 2.75) is 24.5 Å². The lowest BCUT2D eigenvalue weighted by Gasteiger charge is -2.23. The van der Waals surface area contributed by atoms with E-state index in [1.165, 1.54) is 10.9 Å². The SMILES string of the molecule is C#C[C@@]1(F)[C@H](O)CO[C@H]1n1cnc2c(=O)[nH]c(NNCc3ccccc3)nc21. The number of aliphatic hydroxyl groups excluding tert-OH is 1. The summed E-state index contributed by atoms with van der Waals surface area (Å²) < 4.78 is 21.5. The summed E-state index contributed by atoms with van der Waals surface area (Å²) >= 11 is 0. The molecule has 1 saturated heterocycles. The molecule has 0 spiro atoms. The van der Waals surface area contributed by atoms with E-state index in [2.05, 4.69) is 25.8 Å². The highest BCUT2D eigenvalue weighted by Crippen LogP contribution is 2.38. The molecular weight excluding hydrogens is 367 g/mol. The van der Waals surface area contributed by atoms with Crippen molar-refractivity contribution < 1.29 is 14.2 Å². The average Bonchev–Trinajstić information content (AvgIpc) is 3.24. The van der Waals surface area contributed by atoms with Crippen LogP contribution in [-0.4, -0.2) is 43.0 Å². The molecule has 2 aromatic heterocycles. The van der Waals surface area contributed by atoms with Gasteiger partial charge in [-0.25, -0.2) is 14.8 Å². The predicted molar refractivity (Wildman–Crippen MR) is 98.7 cm³/mol. The van der Waals surface area contributed by atoms with Crippen LogP contribution in [0.2, 0.25) is 0 Å². The summed E-state index contributed by atoms with van der Waals surface area (Å²) in [5.74, 6) is 2.05. The molecule has 3 atom stereocenters. The number of hydrazine groups is 1. The van der Waals surface area contributed by atoms with Crippen molar-refractivity contribution in [2.24, 2.45) is 0 Å². The molecule has 0 bridgehead atoms. The Balaban J connectivity index is 1.62. The van der Waals surface area contributed by atoms with Gasteiger partial charge in [-0.15, -0.1) is 6.42 Å². The zero-order valence-electron chi connectivity index (χ0n) is 14.6. The van der Waals surface area contributed by atoms with Crippen molar-refractivity contribution in [3.63, 3.8) is 0 Å². The van der Waals surface area contributed by atoms with E-state index in [0.29, 0.717) is 6.54 Å². The number of aliphatic hydroxyl groups is 1. The summed E-state index contributed by atoms with van der Waals surface area (Å²) in [5, 5.41) is 9.84. The fraction of sp³-hybridized carbons (Fsp3) is 0.278. The Labute approximate surface area is 158 Å². The van der Waals surface area contributed by atoms with Crippen LogP contribution >= 0.6 is 0 Å². The van der Waals surface area contributed by atoms with E-state index < -0.39 is 23.6 Å². The number of aromatic amines is 1. The normalized spacial score (nSPS) is 24.3. The van der Waals surface area contributed by atoms with Gasteiger partial charge in [0.2, 0.25) is 11.6 Å². The zero-order chi connectivity index (χ0) is 19.7. The van der Waals surface area contributed by atoms with Gasteiger partial charge in [0.25, 0.3) is 5.56 Å². The van der Waals surface area contributed by atoms with Crippen molar-refractivity contribution in [3.8, 4) is 12.3 Å². The Morgan fingerprint density at radius 2 is 2.25 bits per heavy atom. The number of H-pyrrole nitrogens is 1. The Kier molecular flexibility index (Phi) is 4.56. The van der Waals surface area contributed by atoms with Crippen molar-refractivity contribution >= 4 is 17.1 Å². The Morgan fingerprint density at radius 3 is 3.00 bits per heavy atom. The lowest BCUT2D eigenvalue weighted by molar-refractivity contribution is -0.00952. The van der Waals surface area contributed by atoms with E-state index in [-0.39, 0.29) is 23.7 Å². The van der Waals surface area contributed by atoms with Gasteiger partial charge in [-0.3, -0.25) is 19.8 Å². The molecule has 9 nitrogen and oxygen atoms in total. The van der Waals surface area contributed by atoms with Crippen LogP contribution in [0.4, 0.5) is 10.3 Å². The van der Waals surface area contributed by atoms with E-state index in [1.54, 1.807) is 0 Å². The van der Waals surface area contributed by atoms with Gasteiger partial charge >= 0.3 is 0 Å². The molecular formula is C18H17FN6O3. The highest BCUT2D eigenvalue weighted by Gasteiger charge is 2.52. The molecule has 0 amide bonds. The standard InChI is InChI=1S/C18H17FN6O3/c1-2-18(19)12(26)9-28-16(18)25-10-20-13-14(25)22-17(23-15(13)27)24-21-8-11-6-4-3-5-7-11/h1,3-7,10,12,16,21,26H,8-9H2,(H2,22,23,24,27)/t12-,16-,18-/m1/s1. The number of alkyl halides is 1. The van der Waals surface area contributed by atoms with Gasteiger partial charge in [0.15, 0.2) is 17.4 Å². The van der Waals surface area contributed by atoms with Crippen LogP contribution in [0.15, 0.2) is 41.5 Å². The number of terminal acetylenes is 1. The van der Waals surface area contributed by atoms with Gasteiger partial charge < -0.3 is 9.84 Å². The summed E-state index contributed by atoms with van der Waals surface area (Å²) in [5.41, 5.74) is 3.85. The van der Waals surface area contributed by atoms with E-state index >= 15 is 0 Å². The molecule has 3 heterocycles. The lowest BCUT2D eigenvalue weighted by atomic mass is 10.0. The van der Waals surface area contributed by atoms with Crippen LogP contribution in [0.3, 0.4) is 0 Å². The van der Waals surface area contributed by atoms with Crippen LogP contribution < -0.4 is 16.4 Å². The average molecular weight is 384 g/mol. The summed E-state index contributed by atoms with van der Waals surface area (Å²) in [7, 11) is 0. The number of rotatable bonds is 5. The third-order valence-corrected chi connectivity index (χ3v) is 4.50. The van der Waals surface area contributed by atoms with Crippen LogP contribution in [0, 0.1) is 12.3 Å². The highest BCUT2D eigenvalue weighted by molar-refractivity contribution is 5.71. The molecule has 1 aliphatic heterocycles. The second-order valence-corrected chi connectivity index (χ2v) is 6.32. The first-order valence-corrected chi connectivity index (χ1v) is 8.49. The molecule has 0 aliphatic carbocycles. The van der Waals surface area contributed by atoms with Crippen molar-refractivity contribution in [3.05, 3.63) is 52.6 Å². The molecule has 1 aromatic carbocycles. The number of halogens is 1. The zero-order valence-corrected chi connectivity index (χ0v) is 14.6. The number of nitrogens with zero attached hydrogens (tertiary/aromatic N) is 3. The lowest BCUT2D eigenvalue weighted by Crippen LogP contribution is -2.39. The van der Waals surface area contributed by atoms with Gasteiger partial charge in [0.05, 0.1) is 12.9 Å². The van der Waals surface area contributed by atoms with Crippen molar-refractivity contribution in [2.75, 3.05) is 12.0 Å². The summed E-state index contributed by atoms with van der Waals surface area (Å²) in [6.45, 7) is 0.197. The topological polar surface area (TPSA) is 117 Å². The van der Waals surface area contributed by atoms with Crippen molar-refractivity contribution in [1.82, 2.24) is 24.9 Å². The second kappa shape index (κ2) is 7.05. The van der Waals surface area contributed by atoms with E-state index in [9.17, 15) is 14.3 Å². The first-order chi connectivity index (χ1) is 13.5. The third kappa shape index (κ3) is 3.01. The van der Waals surface area contributed by atoms with Crippen LogP contribution in [-0.2, 0) is 11.3 Å². The predicted octanol–water partition coefficient (Wildman–Crippen LogP) is 0.467. The summed E-state index contributed by atoms with van der Waals surface area (Å²) in [6, 6.07) is 9.60. The van der Waals surface area contributed by atoms with Crippen LogP contribution in [0.1, 0.15) is 11.8 Å². The summed E-state index contributed by atoms with van der Waals surface area (Å²) in [4.78, 5) is 23.1. The first-order valence-electron chi connectivity index (χ1n) is 8.49. The molecule has 28 heavy (non-hydrogen) atoms. The molecule has 0 radical (unpaired) electrons.